The van der Waals surface area contributed by atoms with E-state index in [1.807, 2.05) is 28.8 Å². The molecular formula is C21H26N8O. The monoisotopic (exact) mass is 406 g/mol. The van der Waals surface area contributed by atoms with Crippen LogP contribution in [0.15, 0.2) is 24.4 Å². The van der Waals surface area contributed by atoms with Crippen molar-refractivity contribution in [1.29, 1.82) is 0 Å². The summed E-state index contributed by atoms with van der Waals surface area (Å²) in [6.07, 6.45) is 9.95. The van der Waals surface area contributed by atoms with E-state index in [9.17, 15) is 4.79 Å². The maximum atomic E-state index is 13.1. The van der Waals surface area contributed by atoms with Crippen molar-refractivity contribution in [3.05, 3.63) is 35.8 Å². The number of nitrogens with one attached hydrogen (secondary N) is 1. The van der Waals surface area contributed by atoms with Gasteiger partial charge in [-0.1, -0.05) is 11.2 Å². The summed E-state index contributed by atoms with van der Waals surface area (Å²) in [4.78, 5) is 17.7. The third kappa shape index (κ3) is 2.95. The minimum atomic E-state index is -0.0396. The second-order valence-electron chi connectivity index (χ2n) is 9.67. The van der Waals surface area contributed by atoms with E-state index in [1.54, 1.807) is 0 Å². The van der Waals surface area contributed by atoms with Crippen molar-refractivity contribution >= 4 is 17.5 Å². The first kappa shape index (κ1) is 17.9. The average molecular weight is 406 g/mol. The lowest BCUT2D eigenvalue weighted by Crippen LogP contribution is -2.51. The summed E-state index contributed by atoms with van der Waals surface area (Å²) in [6, 6.07) is 5.61. The van der Waals surface area contributed by atoms with Crippen LogP contribution in [-0.4, -0.2) is 42.0 Å². The molecule has 7 rings (SSSR count). The maximum Gasteiger partial charge on any atom is 0.268 e. The molecule has 9 heteroatoms. The molecule has 0 aromatic carbocycles. The number of hydrogen-bond acceptors (Lipinski definition) is 6. The first-order valence-corrected chi connectivity index (χ1v) is 10.8. The highest BCUT2D eigenvalue weighted by atomic mass is 16.1. The van der Waals surface area contributed by atoms with Gasteiger partial charge in [0.2, 0.25) is 5.95 Å². The van der Waals surface area contributed by atoms with Crippen LogP contribution in [0.25, 0.3) is 5.65 Å². The number of nitrogen functional groups attached to an aromatic ring is 1. The first-order valence-electron chi connectivity index (χ1n) is 10.8. The highest BCUT2D eigenvalue weighted by molar-refractivity contribution is 5.93. The van der Waals surface area contributed by atoms with E-state index in [0.717, 1.165) is 35.6 Å². The van der Waals surface area contributed by atoms with Crippen LogP contribution in [0.4, 0.5) is 5.95 Å². The predicted octanol–water partition coefficient (Wildman–Crippen LogP) is 1.90. The van der Waals surface area contributed by atoms with Gasteiger partial charge in [-0.2, -0.15) is 0 Å². The molecule has 4 aliphatic rings. The summed E-state index contributed by atoms with van der Waals surface area (Å²) in [5.74, 6) is 2.84. The number of imidazole rings is 1. The molecule has 3 N–H and O–H groups in total. The second-order valence-corrected chi connectivity index (χ2v) is 9.67. The van der Waals surface area contributed by atoms with Crippen LogP contribution in [0.3, 0.4) is 0 Å². The molecule has 0 radical (unpaired) electrons. The normalized spacial score (nSPS) is 29.5. The molecule has 0 unspecified atom stereocenters. The minimum Gasteiger partial charge on any atom is -0.367 e. The Morgan fingerprint density at radius 2 is 1.90 bits per heavy atom. The van der Waals surface area contributed by atoms with Gasteiger partial charge in [0.15, 0.2) is 0 Å². The molecule has 9 nitrogen and oxygen atoms in total. The second kappa shape index (κ2) is 6.52. The molecule has 4 bridgehead atoms. The number of hydrogen-bond donors (Lipinski definition) is 2. The van der Waals surface area contributed by atoms with Gasteiger partial charge < -0.3 is 11.1 Å². The number of nitrogens with two attached hydrogens (primary N) is 1. The molecule has 156 valence electrons. The zero-order valence-corrected chi connectivity index (χ0v) is 16.9. The van der Waals surface area contributed by atoms with Gasteiger partial charge in [-0.05, 0) is 84.3 Å². The van der Waals surface area contributed by atoms with Gasteiger partial charge in [-0.15, -0.1) is 0 Å². The number of carbonyl (C=O) groups excluding carboxylic acids is 1. The number of rotatable bonds is 5. The first-order chi connectivity index (χ1) is 14.6. The van der Waals surface area contributed by atoms with Crippen molar-refractivity contribution < 1.29 is 4.79 Å². The highest BCUT2D eigenvalue weighted by Crippen LogP contribution is 2.59. The third-order valence-electron chi connectivity index (χ3n) is 7.44. The molecule has 1 amide bonds. The lowest BCUT2D eigenvalue weighted by Gasteiger charge is -2.56. The lowest BCUT2D eigenvalue weighted by atomic mass is 9.49. The van der Waals surface area contributed by atoms with Crippen LogP contribution in [0.2, 0.25) is 0 Å². The Morgan fingerprint density at radius 3 is 2.57 bits per heavy atom. The van der Waals surface area contributed by atoms with Crippen molar-refractivity contribution in [2.45, 2.75) is 45.1 Å². The fourth-order valence-electron chi connectivity index (χ4n) is 6.66. The molecule has 30 heavy (non-hydrogen) atoms. The van der Waals surface area contributed by atoms with Crippen LogP contribution in [0, 0.1) is 23.2 Å². The van der Waals surface area contributed by atoms with Crippen LogP contribution < -0.4 is 11.1 Å². The molecule has 3 aromatic rings. The number of pyridine rings is 1. The van der Waals surface area contributed by atoms with E-state index in [1.165, 1.54) is 43.2 Å². The van der Waals surface area contributed by atoms with Crippen molar-refractivity contribution in [1.82, 2.24) is 34.9 Å². The average Bonchev–Trinajstić information content (AvgIpc) is 3.31. The van der Waals surface area contributed by atoms with Crippen molar-refractivity contribution in [3.63, 3.8) is 0 Å². The van der Waals surface area contributed by atoms with E-state index in [-0.39, 0.29) is 11.9 Å². The van der Waals surface area contributed by atoms with Crippen LogP contribution in [-0.2, 0) is 6.54 Å². The Kier molecular flexibility index (Phi) is 3.88. The largest absolute Gasteiger partial charge is 0.367 e. The Morgan fingerprint density at radius 1 is 1.17 bits per heavy atom. The minimum absolute atomic E-state index is 0.0396. The molecule has 4 fully saturated rings. The SMILES string of the molecule is Nc1nnnn1Cc1cn2c(C(=O)NCC34CC5CC(CC(C5)C3)C4)cccc2n1. The molecule has 3 heterocycles. The molecule has 0 spiro atoms. The number of carbonyl (C=O) groups is 1. The summed E-state index contributed by atoms with van der Waals surface area (Å²) < 4.78 is 3.32. The van der Waals surface area contributed by atoms with Gasteiger partial charge in [0.05, 0.1) is 12.2 Å². The molecule has 0 atom stereocenters. The summed E-state index contributed by atoms with van der Waals surface area (Å²) in [6.45, 7) is 1.14. The topological polar surface area (TPSA) is 116 Å². The van der Waals surface area contributed by atoms with Gasteiger partial charge in [0.25, 0.3) is 5.91 Å². The zero-order valence-electron chi connectivity index (χ0n) is 16.9. The predicted molar refractivity (Wildman–Crippen MR) is 109 cm³/mol. The van der Waals surface area contributed by atoms with Crippen molar-refractivity contribution in [2.24, 2.45) is 23.2 Å². The van der Waals surface area contributed by atoms with E-state index in [2.05, 4.69) is 25.8 Å². The Bertz CT molecular complexity index is 1080. The van der Waals surface area contributed by atoms with Crippen LogP contribution >= 0.6 is 0 Å². The van der Waals surface area contributed by atoms with Gasteiger partial charge >= 0.3 is 0 Å². The van der Waals surface area contributed by atoms with Gasteiger partial charge in [-0.25, -0.2) is 9.67 Å². The fraction of sp³-hybridized carbons (Fsp3) is 0.571. The number of fused-ring (bicyclic) bond motifs is 1. The number of anilines is 1. The van der Waals surface area contributed by atoms with Crippen molar-refractivity contribution in [2.75, 3.05) is 12.3 Å². The molecule has 4 saturated carbocycles. The number of nitrogens with zero attached hydrogens (tertiary/aromatic N) is 6. The maximum absolute atomic E-state index is 13.1. The van der Waals surface area contributed by atoms with Gasteiger partial charge in [0, 0.05) is 12.7 Å². The Labute approximate surface area is 174 Å². The molecule has 3 aromatic heterocycles. The van der Waals surface area contributed by atoms with Gasteiger partial charge in [0.1, 0.15) is 11.3 Å². The summed E-state index contributed by atoms with van der Waals surface area (Å²) in [5, 5.41) is 14.4. The molecule has 0 aliphatic heterocycles. The van der Waals surface area contributed by atoms with E-state index in [0.29, 0.717) is 17.7 Å². The number of tetrazole rings is 1. The highest BCUT2D eigenvalue weighted by Gasteiger charge is 2.50. The van der Waals surface area contributed by atoms with Crippen molar-refractivity contribution in [3.8, 4) is 0 Å². The molecule has 0 saturated heterocycles. The summed E-state index contributed by atoms with van der Waals surface area (Å²) >= 11 is 0. The molecule has 4 aliphatic carbocycles. The zero-order chi connectivity index (χ0) is 20.3. The lowest BCUT2D eigenvalue weighted by molar-refractivity contribution is -0.0503. The third-order valence-corrected chi connectivity index (χ3v) is 7.44. The summed E-state index contributed by atoms with van der Waals surface area (Å²) in [7, 11) is 0. The quantitative estimate of drug-likeness (QED) is 0.668. The van der Waals surface area contributed by atoms with E-state index >= 15 is 0 Å². The van der Waals surface area contributed by atoms with E-state index < -0.39 is 0 Å². The summed E-state index contributed by atoms with van der Waals surface area (Å²) in [5.41, 5.74) is 8.13. The van der Waals surface area contributed by atoms with Gasteiger partial charge in [-0.3, -0.25) is 9.20 Å². The Balaban J connectivity index is 1.21. The van der Waals surface area contributed by atoms with E-state index in [4.69, 9.17) is 5.73 Å². The number of aromatic nitrogens is 6. The number of amides is 1. The standard InChI is InChI=1S/C21H26N8O/c22-20-25-26-27-29(20)11-16-10-28-17(2-1-3-18(28)24-16)19(30)23-12-21-7-13-4-14(8-21)6-15(5-13)9-21/h1-3,10,13-15H,4-9,11-12H2,(H,23,30)(H2,22,25,27). The van der Waals surface area contributed by atoms with Crippen LogP contribution in [0.5, 0.6) is 0 Å². The van der Waals surface area contributed by atoms with Crippen LogP contribution in [0.1, 0.15) is 54.7 Å². The molecular weight excluding hydrogens is 380 g/mol. The Hall–Kier alpha value is -2.97. The smallest absolute Gasteiger partial charge is 0.268 e. The fourth-order valence-corrected chi connectivity index (χ4v) is 6.66.